The normalized spacial score (nSPS) is 18.1. The molecule has 0 aliphatic carbocycles. The van der Waals surface area contributed by atoms with E-state index in [4.69, 9.17) is 0 Å². The Balaban J connectivity index is 2.50. The molecule has 1 radical (unpaired) electrons. The molecule has 0 unspecified atom stereocenters. The maximum absolute atomic E-state index is 3.10. The molecular formula is C6H8N. The zero-order valence-electron chi connectivity index (χ0n) is 4.36. The standard InChI is InChI=1S/C6H8N/c1-6-4-2-3-5-7-6/h3,5,7H,2H2,1H3. The lowest BCUT2D eigenvalue weighted by molar-refractivity contribution is 0.981. The third-order valence-electron chi connectivity index (χ3n) is 0.903. The van der Waals surface area contributed by atoms with Crippen LogP contribution in [0.15, 0.2) is 18.0 Å². The second kappa shape index (κ2) is 1.82. The summed E-state index contributed by atoms with van der Waals surface area (Å²) in [6.07, 6.45) is 8.03. The van der Waals surface area contributed by atoms with E-state index in [1.807, 2.05) is 19.2 Å². The second-order valence-electron chi connectivity index (χ2n) is 1.55. The summed E-state index contributed by atoms with van der Waals surface area (Å²) in [5.74, 6) is 0. The van der Waals surface area contributed by atoms with Gasteiger partial charge >= 0.3 is 0 Å². The van der Waals surface area contributed by atoms with Gasteiger partial charge in [0.2, 0.25) is 0 Å². The summed E-state index contributed by atoms with van der Waals surface area (Å²) >= 11 is 0. The maximum Gasteiger partial charge on any atom is 0.0154 e. The van der Waals surface area contributed by atoms with Crippen LogP contribution in [0.1, 0.15) is 13.3 Å². The minimum Gasteiger partial charge on any atom is -0.365 e. The number of hydrogen-bond acceptors (Lipinski definition) is 1. The van der Waals surface area contributed by atoms with Crippen LogP contribution in [0.2, 0.25) is 0 Å². The molecule has 0 aromatic carbocycles. The molecule has 0 fully saturated rings. The first kappa shape index (κ1) is 4.44. The lowest BCUT2D eigenvalue weighted by Crippen LogP contribution is -2.03. The number of dihydropyridines is 1. The van der Waals surface area contributed by atoms with Crippen LogP contribution in [-0.2, 0) is 0 Å². The zero-order valence-corrected chi connectivity index (χ0v) is 4.36. The van der Waals surface area contributed by atoms with Crippen LogP contribution >= 0.6 is 0 Å². The van der Waals surface area contributed by atoms with Crippen molar-refractivity contribution in [2.24, 2.45) is 0 Å². The van der Waals surface area contributed by atoms with Crippen molar-refractivity contribution in [3.05, 3.63) is 24.0 Å². The molecule has 0 saturated carbocycles. The molecule has 0 aromatic rings. The summed E-state index contributed by atoms with van der Waals surface area (Å²) in [5.41, 5.74) is 1.13. The number of allylic oxidation sites excluding steroid dienone is 3. The van der Waals surface area contributed by atoms with E-state index < -0.39 is 0 Å². The minimum absolute atomic E-state index is 0.957. The van der Waals surface area contributed by atoms with Gasteiger partial charge in [0.15, 0.2) is 0 Å². The third kappa shape index (κ3) is 1.07. The molecule has 1 rings (SSSR count). The highest BCUT2D eigenvalue weighted by Crippen LogP contribution is 1.95. The predicted molar refractivity (Wildman–Crippen MR) is 29.3 cm³/mol. The lowest BCUT2D eigenvalue weighted by Gasteiger charge is -2.01. The highest BCUT2D eigenvalue weighted by Gasteiger charge is 1.85. The van der Waals surface area contributed by atoms with Gasteiger partial charge in [0.05, 0.1) is 0 Å². The van der Waals surface area contributed by atoms with E-state index in [2.05, 4.69) is 11.4 Å². The summed E-state index contributed by atoms with van der Waals surface area (Å²) in [7, 11) is 0. The highest BCUT2D eigenvalue weighted by molar-refractivity contribution is 5.03. The topological polar surface area (TPSA) is 12.0 Å². The van der Waals surface area contributed by atoms with E-state index in [1.165, 1.54) is 0 Å². The molecule has 0 aromatic heterocycles. The lowest BCUT2D eigenvalue weighted by atomic mass is 10.3. The van der Waals surface area contributed by atoms with E-state index in [0.29, 0.717) is 0 Å². The fourth-order valence-corrected chi connectivity index (χ4v) is 0.506. The largest absolute Gasteiger partial charge is 0.365 e. The molecule has 0 bridgehead atoms. The van der Waals surface area contributed by atoms with Crippen molar-refractivity contribution < 1.29 is 0 Å². The summed E-state index contributed by atoms with van der Waals surface area (Å²) in [6.45, 7) is 2.00. The van der Waals surface area contributed by atoms with Gasteiger partial charge in [-0.25, -0.2) is 0 Å². The molecule has 1 N–H and O–H groups in total. The van der Waals surface area contributed by atoms with Gasteiger partial charge < -0.3 is 5.32 Å². The summed E-state index contributed by atoms with van der Waals surface area (Å²) in [5, 5.41) is 3.01. The Morgan fingerprint density at radius 3 is 3.00 bits per heavy atom. The van der Waals surface area contributed by atoms with E-state index in [-0.39, 0.29) is 0 Å². The van der Waals surface area contributed by atoms with Gasteiger partial charge in [0, 0.05) is 5.70 Å². The van der Waals surface area contributed by atoms with Crippen molar-refractivity contribution in [1.82, 2.24) is 5.32 Å². The van der Waals surface area contributed by atoms with Gasteiger partial charge in [-0.3, -0.25) is 0 Å². The van der Waals surface area contributed by atoms with Gasteiger partial charge in [-0.2, -0.15) is 0 Å². The molecule has 1 aliphatic rings. The monoisotopic (exact) mass is 94.1 g/mol. The highest BCUT2D eigenvalue weighted by atomic mass is 14.8. The Labute approximate surface area is 43.7 Å². The van der Waals surface area contributed by atoms with Crippen molar-refractivity contribution >= 4 is 0 Å². The Bertz CT molecular complexity index is 111. The zero-order chi connectivity index (χ0) is 5.11. The molecule has 1 aliphatic heterocycles. The van der Waals surface area contributed by atoms with Crippen molar-refractivity contribution in [2.75, 3.05) is 0 Å². The van der Waals surface area contributed by atoms with Crippen molar-refractivity contribution in [1.29, 1.82) is 0 Å². The molecular weight excluding hydrogens is 86.1 g/mol. The van der Waals surface area contributed by atoms with Crippen LogP contribution in [0.25, 0.3) is 0 Å². The number of hydrogen-bond donors (Lipinski definition) is 1. The van der Waals surface area contributed by atoms with Gasteiger partial charge in [0.1, 0.15) is 0 Å². The van der Waals surface area contributed by atoms with Crippen molar-refractivity contribution in [2.45, 2.75) is 13.3 Å². The van der Waals surface area contributed by atoms with Crippen LogP contribution in [0, 0.1) is 6.08 Å². The quantitative estimate of drug-likeness (QED) is 0.475. The summed E-state index contributed by atoms with van der Waals surface area (Å²) < 4.78 is 0. The van der Waals surface area contributed by atoms with Crippen molar-refractivity contribution in [3.63, 3.8) is 0 Å². The number of rotatable bonds is 0. The van der Waals surface area contributed by atoms with Gasteiger partial charge in [-0.05, 0) is 25.6 Å². The van der Waals surface area contributed by atoms with E-state index >= 15 is 0 Å². The first-order chi connectivity index (χ1) is 3.39. The van der Waals surface area contributed by atoms with E-state index in [1.54, 1.807) is 0 Å². The predicted octanol–water partition coefficient (Wildman–Crippen LogP) is 1.20. The fraction of sp³-hybridized carbons (Fsp3) is 0.333. The average Bonchev–Trinajstić information content (AvgIpc) is 1.69. The first-order valence-corrected chi connectivity index (χ1v) is 2.38. The SMILES string of the molecule is CC1=[C]CC=CN1. The summed E-state index contributed by atoms with van der Waals surface area (Å²) in [4.78, 5) is 0. The molecule has 1 nitrogen and oxygen atoms in total. The Kier molecular flexibility index (Phi) is 1.16. The minimum atomic E-state index is 0.957. The molecule has 1 heterocycles. The first-order valence-electron chi connectivity index (χ1n) is 2.38. The van der Waals surface area contributed by atoms with Crippen LogP contribution in [0.5, 0.6) is 0 Å². The van der Waals surface area contributed by atoms with Gasteiger partial charge in [0.25, 0.3) is 0 Å². The summed E-state index contributed by atoms with van der Waals surface area (Å²) in [6, 6.07) is 0. The smallest absolute Gasteiger partial charge is 0.0154 e. The average molecular weight is 94.1 g/mol. The van der Waals surface area contributed by atoms with Gasteiger partial charge in [-0.15, -0.1) is 0 Å². The van der Waals surface area contributed by atoms with Crippen LogP contribution in [0.4, 0.5) is 0 Å². The van der Waals surface area contributed by atoms with E-state index in [0.717, 1.165) is 12.1 Å². The Morgan fingerprint density at radius 2 is 2.71 bits per heavy atom. The number of nitrogens with one attached hydrogen (secondary N) is 1. The van der Waals surface area contributed by atoms with Gasteiger partial charge in [-0.1, -0.05) is 6.08 Å². The van der Waals surface area contributed by atoms with Crippen LogP contribution in [-0.4, -0.2) is 0 Å². The van der Waals surface area contributed by atoms with Crippen LogP contribution in [0.3, 0.4) is 0 Å². The van der Waals surface area contributed by atoms with Crippen molar-refractivity contribution in [3.8, 4) is 0 Å². The third-order valence-corrected chi connectivity index (χ3v) is 0.903. The molecule has 0 amide bonds. The molecule has 0 spiro atoms. The molecule has 0 atom stereocenters. The Hall–Kier alpha value is -0.720. The second-order valence-corrected chi connectivity index (χ2v) is 1.55. The molecule has 37 valence electrons. The fourth-order valence-electron chi connectivity index (χ4n) is 0.506. The van der Waals surface area contributed by atoms with Crippen LogP contribution < -0.4 is 5.32 Å². The Morgan fingerprint density at radius 1 is 1.86 bits per heavy atom. The van der Waals surface area contributed by atoms with E-state index in [9.17, 15) is 0 Å². The molecule has 7 heavy (non-hydrogen) atoms. The maximum atomic E-state index is 3.10. The molecule has 1 heteroatoms. The molecule has 0 saturated heterocycles.